The van der Waals surface area contributed by atoms with Crippen LogP contribution in [0.3, 0.4) is 0 Å². The van der Waals surface area contributed by atoms with Crippen LogP contribution in [0, 0.1) is 0 Å². The molecule has 0 aromatic carbocycles. The van der Waals surface area contributed by atoms with Gasteiger partial charge in [0.25, 0.3) is 0 Å². The maximum atomic E-state index is 11.7. The highest BCUT2D eigenvalue weighted by atomic mass is 32.2. The molecule has 0 saturated carbocycles. The third kappa shape index (κ3) is 5.18. The Balaban J connectivity index is 2.19. The Labute approximate surface area is 103 Å². The summed E-state index contributed by atoms with van der Waals surface area (Å²) >= 11 is 1.78. The second-order valence-corrected chi connectivity index (χ2v) is 6.28. The SMILES string of the molecule is CSC(C)(C)CNC(=O)CN1CCNCC1. The van der Waals surface area contributed by atoms with Gasteiger partial charge in [0.1, 0.15) is 0 Å². The molecule has 0 unspecified atom stereocenters. The molecule has 1 rings (SSSR count). The highest BCUT2D eigenvalue weighted by Gasteiger charge is 2.18. The zero-order chi connectivity index (χ0) is 12.0. The first-order chi connectivity index (χ1) is 7.53. The predicted octanol–water partition coefficient (Wildman–Crippen LogP) is 0.149. The lowest BCUT2D eigenvalue weighted by Crippen LogP contribution is -2.48. The van der Waals surface area contributed by atoms with E-state index in [4.69, 9.17) is 0 Å². The van der Waals surface area contributed by atoms with Gasteiger partial charge in [0, 0.05) is 37.5 Å². The van der Waals surface area contributed by atoms with Gasteiger partial charge in [0.15, 0.2) is 0 Å². The molecule has 0 spiro atoms. The van der Waals surface area contributed by atoms with E-state index in [1.807, 2.05) is 0 Å². The predicted molar refractivity (Wildman–Crippen MR) is 69.9 cm³/mol. The molecular weight excluding hydrogens is 222 g/mol. The van der Waals surface area contributed by atoms with Crippen molar-refractivity contribution in [3.63, 3.8) is 0 Å². The van der Waals surface area contributed by atoms with Crippen LogP contribution < -0.4 is 10.6 Å². The van der Waals surface area contributed by atoms with Gasteiger partial charge in [-0.15, -0.1) is 0 Å². The summed E-state index contributed by atoms with van der Waals surface area (Å²) in [5.74, 6) is 0.143. The number of nitrogens with one attached hydrogen (secondary N) is 2. The summed E-state index contributed by atoms with van der Waals surface area (Å²) < 4.78 is 0.124. The standard InChI is InChI=1S/C11H23N3OS/c1-11(2,16-3)9-13-10(15)8-14-6-4-12-5-7-14/h12H,4-9H2,1-3H3,(H,13,15). The van der Waals surface area contributed by atoms with Crippen LogP contribution in [0.5, 0.6) is 0 Å². The molecule has 94 valence electrons. The third-order valence-corrected chi connectivity index (χ3v) is 4.09. The largest absolute Gasteiger partial charge is 0.354 e. The van der Waals surface area contributed by atoms with E-state index in [2.05, 4.69) is 35.6 Å². The first kappa shape index (κ1) is 13.8. The van der Waals surface area contributed by atoms with Crippen molar-refractivity contribution in [3.8, 4) is 0 Å². The summed E-state index contributed by atoms with van der Waals surface area (Å²) in [5.41, 5.74) is 0. The smallest absolute Gasteiger partial charge is 0.234 e. The average Bonchev–Trinajstić information content (AvgIpc) is 2.28. The summed E-state index contributed by atoms with van der Waals surface area (Å²) in [5, 5.41) is 6.28. The van der Waals surface area contributed by atoms with Crippen LogP contribution in [0.25, 0.3) is 0 Å². The van der Waals surface area contributed by atoms with E-state index < -0.39 is 0 Å². The number of carbonyl (C=O) groups is 1. The van der Waals surface area contributed by atoms with E-state index in [1.54, 1.807) is 11.8 Å². The van der Waals surface area contributed by atoms with E-state index in [-0.39, 0.29) is 10.7 Å². The maximum Gasteiger partial charge on any atom is 0.234 e. The Bertz CT molecular complexity index is 227. The fourth-order valence-corrected chi connectivity index (χ4v) is 1.73. The third-order valence-electron chi connectivity index (χ3n) is 2.84. The van der Waals surface area contributed by atoms with Gasteiger partial charge in [-0.3, -0.25) is 9.69 Å². The zero-order valence-electron chi connectivity index (χ0n) is 10.5. The minimum atomic E-state index is 0.124. The molecule has 1 fully saturated rings. The lowest BCUT2D eigenvalue weighted by Gasteiger charge is -2.27. The van der Waals surface area contributed by atoms with Crippen LogP contribution in [0.1, 0.15) is 13.8 Å². The Morgan fingerprint density at radius 1 is 1.44 bits per heavy atom. The molecule has 0 aromatic heterocycles. The molecule has 0 aromatic rings. The van der Waals surface area contributed by atoms with Crippen molar-refractivity contribution >= 4 is 17.7 Å². The van der Waals surface area contributed by atoms with Crippen molar-refractivity contribution in [1.82, 2.24) is 15.5 Å². The fraction of sp³-hybridized carbons (Fsp3) is 0.909. The molecule has 1 amide bonds. The lowest BCUT2D eigenvalue weighted by molar-refractivity contribution is -0.122. The molecular formula is C11H23N3OS. The van der Waals surface area contributed by atoms with E-state index in [0.717, 1.165) is 32.7 Å². The highest BCUT2D eigenvalue weighted by Crippen LogP contribution is 2.19. The van der Waals surface area contributed by atoms with Crippen LogP contribution in [-0.2, 0) is 4.79 Å². The van der Waals surface area contributed by atoms with Crippen molar-refractivity contribution in [1.29, 1.82) is 0 Å². The quantitative estimate of drug-likeness (QED) is 0.724. The first-order valence-corrected chi connectivity index (χ1v) is 7.01. The second-order valence-electron chi connectivity index (χ2n) is 4.77. The van der Waals surface area contributed by atoms with Crippen molar-refractivity contribution in [2.75, 3.05) is 45.5 Å². The van der Waals surface area contributed by atoms with Gasteiger partial charge in [0.05, 0.1) is 6.54 Å². The molecule has 2 N–H and O–H groups in total. The van der Waals surface area contributed by atoms with Gasteiger partial charge in [-0.05, 0) is 20.1 Å². The molecule has 1 heterocycles. The monoisotopic (exact) mass is 245 g/mol. The van der Waals surface area contributed by atoms with Crippen LogP contribution in [0.4, 0.5) is 0 Å². The van der Waals surface area contributed by atoms with Gasteiger partial charge in [-0.1, -0.05) is 0 Å². The molecule has 0 bridgehead atoms. The number of piperazine rings is 1. The molecule has 5 heteroatoms. The molecule has 16 heavy (non-hydrogen) atoms. The topological polar surface area (TPSA) is 44.4 Å². The van der Waals surface area contributed by atoms with Crippen LogP contribution in [0.2, 0.25) is 0 Å². The van der Waals surface area contributed by atoms with Crippen LogP contribution >= 0.6 is 11.8 Å². The minimum Gasteiger partial charge on any atom is -0.354 e. The van der Waals surface area contributed by atoms with Gasteiger partial charge in [-0.25, -0.2) is 0 Å². The molecule has 1 saturated heterocycles. The van der Waals surface area contributed by atoms with Gasteiger partial charge < -0.3 is 10.6 Å². The molecule has 0 radical (unpaired) electrons. The number of nitrogens with zero attached hydrogens (tertiary/aromatic N) is 1. The Hall–Kier alpha value is -0.260. The number of carbonyl (C=O) groups excluding carboxylic acids is 1. The number of thioether (sulfide) groups is 1. The van der Waals surface area contributed by atoms with E-state index in [1.165, 1.54) is 0 Å². The van der Waals surface area contributed by atoms with Crippen molar-refractivity contribution in [2.45, 2.75) is 18.6 Å². The van der Waals surface area contributed by atoms with Gasteiger partial charge >= 0.3 is 0 Å². The van der Waals surface area contributed by atoms with Crippen molar-refractivity contribution < 1.29 is 4.79 Å². The first-order valence-electron chi connectivity index (χ1n) is 5.78. The second kappa shape index (κ2) is 6.47. The van der Waals surface area contributed by atoms with E-state index in [9.17, 15) is 4.79 Å². The molecule has 1 aliphatic heterocycles. The molecule has 0 aliphatic carbocycles. The Morgan fingerprint density at radius 2 is 2.06 bits per heavy atom. The van der Waals surface area contributed by atoms with Crippen LogP contribution in [-0.4, -0.2) is 61.1 Å². The van der Waals surface area contributed by atoms with Crippen molar-refractivity contribution in [2.24, 2.45) is 0 Å². The molecule has 1 aliphatic rings. The number of rotatable bonds is 5. The van der Waals surface area contributed by atoms with Crippen LogP contribution in [0.15, 0.2) is 0 Å². The summed E-state index contributed by atoms with van der Waals surface area (Å²) in [6, 6.07) is 0. The Morgan fingerprint density at radius 3 is 2.62 bits per heavy atom. The molecule has 4 nitrogen and oxygen atoms in total. The number of hydrogen-bond acceptors (Lipinski definition) is 4. The van der Waals surface area contributed by atoms with E-state index in [0.29, 0.717) is 6.54 Å². The summed E-state index contributed by atoms with van der Waals surface area (Å²) in [6.07, 6.45) is 2.07. The highest BCUT2D eigenvalue weighted by molar-refractivity contribution is 7.99. The zero-order valence-corrected chi connectivity index (χ0v) is 11.3. The minimum absolute atomic E-state index is 0.124. The summed E-state index contributed by atoms with van der Waals surface area (Å²) in [4.78, 5) is 13.9. The normalized spacial score (nSPS) is 18.4. The maximum absolute atomic E-state index is 11.7. The van der Waals surface area contributed by atoms with E-state index >= 15 is 0 Å². The number of amides is 1. The number of hydrogen-bond donors (Lipinski definition) is 2. The summed E-state index contributed by atoms with van der Waals surface area (Å²) in [7, 11) is 0. The van der Waals surface area contributed by atoms with Gasteiger partial charge in [0.2, 0.25) is 5.91 Å². The summed E-state index contributed by atoms with van der Waals surface area (Å²) in [6.45, 7) is 9.47. The van der Waals surface area contributed by atoms with Gasteiger partial charge in [-0.2, -0.15) is 11.8 Å². The average molecular weight is 245 g/mol. The fourth-order valence-electron chi connectivity index (χ4n) is 1.51. The lowest BCUT2D eigenvalue weighted by atomic mass is 10.2. The molecule has 0 atom stereocenters. The van der Waals surface area contributed by atoms with Crippen molar-refractivity contribution in [3.05, 3.63) is 0 Å². The Kier molecular flexibility index (Phi) is 5.58.